The number of sulfonamides is 1. The molecule has 110 valence electrons. The zero-order chi connectivity index (χ0) is 15.3. The fraction of sp³-hybridized carbons (Fsp3) is 0.333. The van der Waals surface area contributed by atoms with Gasteiger partial charge < -0.3 is 10.1 Å². The standard InChI is InChI=1S/C12H16N2O5S/c1-8(12(16)19-3)14-20(17,18)11-6-4-10(5-7-11)13-9(2)15/h4-8,14H,1-3H3,(H,13,15)/t8-/m0/s1. The number of benzene rings is 1. The highest BCUT2D eigenvalue weighted by molar-refractivity contribution is 7.89. The van der Waals surface area contributed by atoms with E-state index < -0.39 is 22.0 Å². The number of methoxy groups -OCH3 is 1. The minimum absolute atomic E-state index is 0.0117. The van der Waals surface area contributed by atoms with Crippen LogP contribution in [0.3, 0.4) is 0 Å². The Bertz CT molecular complexity index is 595. The molecule has 1 aromatic carbocycles. The fourth-order valence-electron chi connectivity index (χ4n) is 1.45. The van der Waals surface area contributed by atoms with Crippen molar-refractivity contribution in [1.82, 2.24) is 4.72 Å². The maximum Gasteiger partial charge on any atom is 0.323 e. The van der Waals surface area contributed by atoms with E-state index in [2.05, 4.69) is 14.8 Å². The van der Waals surface area contributed by atoms with Crippen molar-refractivity contribution in [2.24, 2.45) is 0 Å². The third kappa shape index (κ3) is 4.32. The fourth-order valence-corrected chi connectivity index (χ4v) is 2.64. The van der Waals surface area contributed by atoms with E-state index in [9.17, 15) is 18.0 Å². The molecule has 1 amide bonds. The first-order chi connectivity index (χ1) is 9.26. The number of hydrogen-bond donors (Lipinski definition) is 2. The summed E-state index contributed by atoms with van der Waals surface area (Å²) in [5.41, 5.74) is 0.484. The lowest BCUT2D eigenvalue weighted by molar-refractivity contribution is -0.142. The Morgan fingerprint density at radius 2 is 1.75 bits per heavy atom. The number of ether oxygens (including phenoxy) is 1. The van der Waals surface area contributed by atoms with Gasteiger partial charge in [0.05, 0.1) is 12.0 Å². The lowest BCUT2D eigenvalue weighted by Crippen LogP contribution is -2.39. The summed E-state index contributed by atoms with van der Waals surface area (Å²) >= 11 is 0. The number of carbonyl (C=O) groups excluding carboxylic acids is 2. The first-order valence-corrected chi connectivity index (χ1v) is 7.22. The molecule has 0 radical (unpaired) electrons. The number of hydrogen-bond acceptors (Lipinski definition) is 5. The molecule has 0 spiro atoms. The highest BCUT2D eigenvalue weighted by atomic mass is 32.2. The largest absolute Gasteiger partial charge is 0.468 e. The van der Waals surface area contributed by atoms with Crippen LogP contribution in [-0.2, 0) is 24.3 Å². The molecular weight excluding hydrogens is 284 g/mol. The maximum absolute atomic E-state index is 12.0. The summed E-state index contributed by atoms with van der Waals surface area (Å²) in [6.45, 7) is 2.74. The Hall–Kier alpha value is -1.93. The van der Waals surface area contributed by atoms with Crippen molar-refractivity contribution in [3.05, 3.63) is 24.3 Å². The van der Waals surface area contributed by atoms with Crippen LogP contribution < -0.4 is 10.0 Å². The Morgan fingerprint density at radius 3 is 2.20 bits per heavy atom. The lowest BCUT2D eigenvalue weighted by Gasteiger charge is -2.12. The molecule has 7 nitrogen and oxygen atoms in total. The molecule has 1 aromatic rings. The number of nitrogens with one attached hydrogen (secondary N) is 2. The summed E-state index contributed by atoms with van der Waals surface area (Å²) in [4.78, 5) is 22.0. The van der Waals surface area contributed by atoms with Crippen molar-refractivity contribution in [3.8, 4) is 0 Å². The third-order valence-corrected chi connectivity index (χ3v) is 3.93. The zero-order valence-corrected chi connectivity index (χ0v) is 12.2. The summed E-state index contributed by atoms with van der Waals surface area (Å²) in [6, 6.07) is 4.59. The normalized spacial score (nSPS) is 12.6. The number of rotatable bonds is 5. The van der Waals surface area contributed by atoms with Crippen LogP contribution in [0.1, 0.15) is 13.8 Å². The van der Waals surface area contributed by atoms with Gasteiger partial charge in [0.1, 0.15) is 6.04 Å². The van der Waals surface area contributed by atoms with E-state index in [1.165, 1.54) is 45.2 Å². The molecule has 0 aliphatic heterocycles. The molecule has 0 aliphatic rings. The van der Waals surface area contributed by atoms with Gasteiger partial charge in [0.15, 0.2) is 0 Å². The van der Waals surface area contributed by atoms with Crippen LogP contribution in [0.15, 0.2) is 29.2 Å². The van der Waals surface area contributed by atoms with Crippen molar-refractivity contribution in [2.75, 3.05) is 12.4 Å². The van der Waals surface area contributed by atoms with Crippen LogP contribution in [0.5, 0.6) is 0 Å². The van der Waals surface area contributed by atoms with Crippen LogP contribution in [0.2, 0.25) is 0 Å². The van der Waals surface area contributed by atoms with Crippen LogP contribution in [0.4, 0.5) is 5.69 Å². The van der Waals surface area contributed by atoms with E-state index in [0.29, 0.717) is 5.69 Å². The molecule has 20 heavy (non-hydrogen) atoms. The van der Waals surface area contributed by atoms with Gasteiger partial charge in [-0.3, -0.25) is 9.59 Å². The van der Waals surface area contributed by atoms with Crippen molar-refractivity contribution >= 4 is 27.6 Å². The summed E-state index contributed by atoms with van der Waals surface area (Å²) in [6.07, 6.45) is 0. The van der Waals surface area contributed by atoms with Crippen molar-refractivity contribution in [3.63, 3.8) is 0 Å². The number of amides is 1. The highest BCUT2D eigenvalue weighted by Gasteiger charge is 2.22. The number of esters is 1. The second-order valence-electron chi connectivity index (χ2n) is 4.07. The van der Waals surface area contributed by atoms with E-state index in [4.69, 9.17) is 0 Å². The van der Waals surface area contributed by atoms with Gasteiger partial charge in [-0.25, -0.2) is 8.42 Å². The van der Waals surface area contributed by atoms with Crippen LogP contribution >= 0.6 is 0 Å². The molecule has 0 saturated heterocycles. The molecule has 2 N–H and O–H groups in total. The smallest absolute Gasteiger partial charge is 0.323 e. The summed E-state index contributed by atoms with van der Waals surface area (Å²) in [5, 5.41) is 2.52. The van der Waals surface area contributed by atoms with Gasteiger partial charge >= 0.3 is 5.97 Å². The lowest BCUT2D eigenvalue weighted by atomic mass is 10.3. The molecule has 0 unspecified atom stereocenters. The van der Waals surface area contributed by atoms with E-state index in [-0.39, 0.29) is 10.8 Å². The van der Waals surface area contributed by atoms with E-state index in [1.807, 2.05) is 0 Å². The van der Waals surface area contributed by atoms with Gasteiger partial charge in [-0.05, 0) is 31.2 Å². The highest BCUT2D eigenvalue weighted by Crippen LogP contribution is 2.14. The average molecular weight is 300 g/mol. The topological polar surface area (TPSA) is 102 Å². The first kappa shape index (κ1) is 16.1. The van der Waals surface area contributed by atoms with Crippen LogP contribution in [-0.4, -0.2) is 33.4 Å². The third-order valence-electron chi connectivity index (χ3n) is 2.37. The molecule has 0 heterocycles. The molecular formula is C12H16N2O5S. The Labute approximate surface area is 117 Å². The quantitative estimate of drug-likeness (QED) is 0.770. The van der Waals surface area contributed by atoms with Crippen LogP contribution in [0.25, 0.3) is 0 Å². The van der Waals surface area contributed by atoms with Crippen LogP contribution in [0, 0.1) is 0 Å². The predicted molar refractivity (Wildman–Crippen MR) is 72.5 cm³/mol. The molecule has 0 aliphatic carbocycles. The van der Waals surface area contributed by atoms with Gasteiger partial charge in [0.2, 0.25) is 15.9 Å². The van der Waals surface area contributed by atoms with Gasteiger partial charge in [0, 0.05) is 12.6 Å². The monoisotopic (exact) mass is 300 g/mol. The van der Waals surface area contributed by atoms with Crippen molar-refractivity contribution in [2.45, 2.75) is 24.8 Å². The van der Waals surface area contributed by atoms with Gasteiger partial charge in [-0.15, -0.1) is 0 Å². The molecule has 0 aromatic heterocycles. The van der Waals surface area contributed by atoms with Gasteiger partial charge in [-0.1, -0.05) is 0 Å². The molecule has 8 heteroatoms. The molecule has 1 atom stereocenters. The summed E-state index contributed by atoms with van der Waals surface area (Å²) < 4.78 is 30.6. The number of anilines is 1. The predicted octanol–water partition coefficient (Wildman–Crippen LogP) is 0.485. The molecule has 1 rings (SSSR count). The second-order valence-corrected chi connectivity index (χ2v) is 5.79. The zero-order valence-electron chi connectivity index (χ0n) is 11.3. The minimum atomic E-state index is -3.82. The molecule has 0 fully saturated rings. The summed E-state index contributed by atoms with van der Waals surface area (Å²) in [5.74, 6) is -0.929. The van der Waals surface area contributed by atoms with Gasteiger partial charge in [0.25, 0.3) is 0 Å². The Kier molecular flexibility index (Phi) is 5.23. The second kappa shape index (κ2) is 6.49. The summed E-state index contributed by atoms with van der Waals surface area (Å²) in [7, 11) is -2.65. The number of carbonyl (C=O) groups is 2. The van der Waals surface area contributed by atoms with E-state index >= 15 is 0 Å². The van der Waals surface area contributed by atoms with E-state index in [0.717, 1.165) is 0 Å². The minimum Gasteiger partial charge on any atom is -0.468 e. The van der Waals surface area contributed by atoms with E-state index in [1.54, 1.807) is 0 Å². The van der Waals surface area contributed by atoms with Crippen molar-refractivity contribution < 1.29 is 22.7 Å². The SMILES string of the molecule is COC(=O)[C@H](C)NS(=O)(=O)c1ccc(NC(C)=O)cc1. The Morgan fingerprint density at radius 1 is 1.20 bits per heavy atom. The van der Waals surface area contributed by atoms with Crippen molar-refractivity contribution in [1.29, 1.82) is 0 Å². The molecule has 0 bridgehead atoms. The van der Waals surface area contributed by atoms with Gasteiger partial charge in [-0.2, -0.15) is 4.72 Å². The first-order valence-electron chi connectivity index (χ1n) is 5.74. The average Bonchev–Trinajstić information content (AvgIpc) is 2.37. The Balaban J connectivity index is 2.88. The molecule has 0 saturated carbocycles. The maximum atomic E-state index is 12.0.